The molecule has 0 atom stereocenters. The van der Waals surface area contributed by atoms with Gasteiger partial charge in [-0.25, -0.2) is 0 Å². The first-order valence-electron chi connectivity index (χ1n) is 5.82. The van der Waals surface area contributed by atoms with Crippen molar-refractivity contribution in [3.8, 4) is 0 Å². The van der Waals surface area contributed by atoms with Crippen LogP contribution in [0.1, 0.15) is 11.1 Å². The molecule has 1 aromatic carbocycles. The van der Waals surface area contributed by atoms with E-state index in [4.69, 9.17) is 5.73 Å². The predicted octanol–water partition coefficient (Wildman–Crippen LogP) is 1.37. The molecule has 1 heterocycles. The van der Waals surface area contributed by atoms with Gasteiger partial charge in [0.25, 0.3) is 0 Å². The van der Waals surface area contributed by atoms with Gasteiger partial charge in [0.2, 0.25) is 0 Å². The minimum absolute atomic E-state index is 0.671. The van der Waals surface area contributed by atoms with Gasteiger partial charge in [0.05, 0.1) is 6.20 Å². The number of rotatable bonds is 6. The fraction of sp³-hybridized carbons (Fsp3) is 0.308. The second kappa shape index (κ2) is 6.18. The molecule has 0 saturated heterocycles. The van der Waals surface area contributed by atoms with Crippen molar-refractivity contribution in [3.63, 3.8) is 0 Å². The smallest absolute Gasteiger partial charge is 0.0532 e. The van der Waals surface area contributed by atoms with Crippen molar-refractivity contribution in [2.24, 2.45) is 5.73 Å². The fourth-order valence-corrected chi connectivity index (χ4v) is 1.86. The van der Waals surface area contributed by atoms with Gasteiger partial charge >= 0.3 is 0 Å². The van der Waals surface area contributed by atoms with E-state index >= 15 is 0 Å². The van der Waals surface area contributed by atoms with Gasteiger partial charge in [-0.15, -0.1) is 0 Å². The highest BCUT2D eigenvalue weighted by Gasteiger charge is 2.06. The van der Waals surface area contributed by atoms with Gasteiger partial charge in [-0.2, -0.15) is 5.10 Å². The second-order valence-electron chi connectivity index (χ2n) is 4.09. The Morgan fingerprint density at radius 1 is 1.12 bits per heavy atom. The van der Waals surface area contributed by atoms with E-state index in [1.54, 1.807) is 0 Å². The Labute approximate surface area is 101 Å². The molecule has 3 N–H and O–H groups in total. The van der Waals surface area contributed by atoms with E-state index in [0.717, 1.165) is 19.6 Å². The number of nitrogens with two attached hydrogens (primary N) is 1. The number of benzene rings is 1. The summed E-state index contributed by atoms with van der Waals surface area (Å²) in [6, 6.07) is 10.4. The zero-order chi connectivity index (χ0) is 11.9. The zero-order valence-corrected chi connectivity index (χ0v) is 9.84. The molecule has 0 unspecified atom stereocenters. The Morgan fingerprint density at radius 2 is 1.88 bits per heavy atom. The van der Waals surface area contributed by atoms with E-state index in [0.29, 0.717) is 6.54 Å². The maximum absolute atomic E-state index is 5.65. The molecule has 0 aliphatic rings. The molecule has 0 spiro atoms. The minimum atomic E-state index is 0.671. The van der Waals surface area contributed by atoms with Crippen LogP contribution in [-0.2, 0) is 13.1 Å². The van der Waals surface area contributed by atoms with E-state index in [9.17, 15) is 0 Å². The average Bonchev–Trinajstić information content (AvgIpc) is 2.83. The number of H-pyrrole nitrogens is 1. The summed E-state index contributed by atoms with van der Waals surface area (Å²) in [5.41, 5.74) is 8.15. The van der Waals surface area contributed by atoms with Crippen molar-refractivity contribution >= 4 is 0 Å². The molecule has 1 aromatic heterocycles. The van der Waals surface area contributed by atoms with E-state index in [2.05, 4.69) is 39.4 Å². The fourth-order valence-electron chi connectivity index (χ4n) is 1.86. The van der Waals surface area contributed by atoms with Crippen LogP contribution >= 0.6 is 0 Å². The molecule has 0 aliphatic heterocycles. The topological polar surface area (TPSA) is 57.9 Å². The summed E-state index contributed by atoms with van der Waals surface area (Å²) < 4.78 is 0. The molecule has 2 rings (SSSR count). The summed E-state index contributed by atoms with van der Waals surface area (Å²) >= 11 is 0. The summed E-state index contributed by atoms with van der Waals surface area (Å²) in [5.74, 6) is 0. The third-order valence-corrected chi connectivity index (χ3v) is 2.66. The molecule has 4 heteroatoms. The van der Waals surface area contributed by atoms with Crippen molar-refractivity contribution in [1.82, 2.24) is 15.1 Å². The number of aromatic amines is 1. The van der Waals surface area contributed by atoms with Crippen LogP contribution < -0.4 is 5.73 Å². The van der Waals surface area contributed by atoms with Crippen LogP contribution in [0.15, 0.2) is 42.7 Å². The van der Waals surface area contributed by atoms with E-state index in [1.165, 1.54) is 11.1 Å². The molecule has 2 aromatic rings. The van der Waals surface area contributed by atoms with E-state index in [-0.39, 0.29) is 0 Å². The van der Waals surface area contributed by atoms with Crippen LogP contribution in [0.5, 0.6) is 0 Å². The molecule has 0 saturated carbocycles. The van der Waals surface area contributed by atoms with Gasteiger partial charge < -0.3 is 5.73 Å². The number of hydrogen-bond acceptors (Lipinski definition) is 3. The SMILES string of the molecule is NCCN(Cc1ccccc1)Cc1cn[nH]c1. The van der Waals surface area contributed by atoms with Gasteiger partial charge in [-0.05, 0) is 5.56 Å². The molecular weight excluding hydrogens is 212 g/mol. The Morgan fingerprint density at radius 3 is 2.53 bits per heavy atom. The van der Waals surface area contributed by atoms with Gasteiger partial charge in [-0.1, -0.05) is 30.3 Å². The quantitative estimate of drug-likeness (QED) is 0.788. The Bertz CT molecular complexity index is 410. The van der Waals surface area contributed by atoms with Crippen LogP contribution in [0.3, 0.4) is 0 Å². The Kier molecular flexibility index (Phi) is 4.30. The summed E-state index contributed by atoms with van der Waals surface area (Å²) in [6.45, 7) is 3.36. The Balaban J connectivity index is 1.97. The van der Waals surface area contributed by atoms with Crippen molar-refractivity contribution in [3.05, 3.63) is 53.9 Å². The summed E-state index contributed by atoms with van der Waals surface area (Å²) in [5, 5.41) is 6.79. The van der Waals surface area contributed by atoms with Gasteiger partial charge in [0.15, 0.2) is 0 Å². The average molecular weight is 230 g/mol. The molecular formula is C13H18N4. The normalized spacial score (nSPS) is 10.9. The van der Waals surface area contributed by atoms with Crippen LogP contribution in [0.2, 0.25) is 0 Å². The first-order chi connectivity index (χ1) is 8.38. The highest BCUT2D eigenvalue weighted by Crippen LogP contribution is 2.08. The Hall–Kier alpha value is -1.65. The van der Waals surface area contributed by atoms with Crippen molar-refractivity contribution in [1.29, 1.82) is 0 Å². The third kappa shape index (κ3) is 3.69. The molecule has 90 valence electrons. The van der Waals surface area contributed by atoms with Crippen LogP contribution in [0.4, 0.5) is 0 Å². The van der Waals surface area contributed by atoms with Crippen molar-refractivity contribution in [2.45, 2.75) is 13.1 Å². The lowest BCUT2D eigenvalue weighted by Crippen LogP contribution is -2.28. The summed E-state index contributed by atoms with van der Waals surface area (Å²) in [7, 11) is 0. The third-order valence-electron chi connectivity index (χ3n) is 2.66. The molecule has 0 amide bonds. The maximum atomic E-state index is 5.65. The zero-order valence-electron chi connectivity index (χ0n) is 9.84. The molecule has 0 fully saturated rings. The van der Waals surface area contributed by atoms with Crippen LogP contribution in [0.25, 0.3) is 0 Å². The number of nitrogens with one attached hydrogen (secondary N) is 1. The second-order valence-corrected chi connectivity index (χ2v) is 4.09. The van der Waals surface area contributed by atoms with Gasteiger partial charge in [0, 0.05) is 37.9 Å². The van der Waals surface area contributed by atoms with Crippen molar-refractivity contribution < 1.29 is 0 Å². The molecule has 0 aliphatic carbocycles. The molecule has 0 radical (unpaired) electrons. The highest BCUT2D eigenvalue weighted by atomic mass is 15.1. The first kappa shape index (κ1) is 11.8. The van der Waals surface area contributed by atoms with E-state index < -0.39 is 0 Å². The summed E-state index contributed by atoms with van der Waals surface area (Å²) in [4.78, 5) is 2.32. The molecule has 4 nitrogen and oxygen atoms in total. The number of nitrogens with zero attached hydrogens (tertiary/aromatic N) is 2. The monoisotopic (exact) mass is 230 g/mol. The first-order valence-corrected chi connectivity index (χ1v) is 5.82. The van der Waals surface area contributed by atoms with Gasteiger partial charge in [-0.3, -0.25) is 10.00 Å². The van der Waals surface area contributed by atoms with Crippen molar-refractivity contribution in [2.75, 3.05) is 13.1 Å². The van der Waals surface area contributed by atoms with Gasteiger partial charge in [0.1, 0.15) is 0 Å². The standard InChI is InChI=1S/C13H18N4/c14-6-7-17(11-13-8-15-16-9-13)10-12-4-2-1-3-5-12/h1-5,8-9H,6-7,10-11,14H2,(H,15,16). The predicted molar refractivity (Wildman–Crippen MR) is 68.2 cm³/mol. The number of hydrogen-bond donors (Lipinski definition) is 2. The van der Waals surface area contributed by atoms with Crippen LogP contribution in [0, 0.1) is 0 Å². The molecule has 17 heavy (non-hydrogen) atoms. The lowest BCUT2D eigenvalue weighted by Gasteiger charge is -2.20. The maximum Gasteiger partial charge on any atom is 0.0532 e. The summed E-state index contributed by atoms with van der Waals surface area (Å²) in [6.07, 6.45) is 3.78. The van der Waals surface area contributed by atoms with E-state index in [1.807, 2.05) is 18.5 Å². The largest absolute Gasteiger partial charge is 0.329 e. The highest BCUT2D eigenvalue weighted by molar-refractivity contribution is 5.14. The van der Waals surface area contributed by atoms with Crippen LogP contribution in [-0.4, -0.2) is 28.2 Å². The number of aromatic nitrogens is 2. The lowest BCUT2D eigenvalue weighted by atomic mass is 10.2. The minimum Gasteiger partial charge on any atom is -0.329 e. The molecule has 0 bridgehead atoms. The lowest BCUT2D eigenvalue weighted by molar-refractivity contribution is 0.264.